The molecule has 0 rings (SSSR count). The van der Waals surface area contributed by atoms with Gasteiger partial charge in [-0.3, -0.25) is 0 Å². The summed E-state index contributed by atoms with van der Waals surface area (Å²) < 4.78 is 0. The van der Waals surface area contributed by atoms with E-state index >= 15 is 0 Å². The Kier molecular flexibility index (Phi) is 21.3. The molecule has 0 fully saturated rings. The standard InChI is InChI=1S/3C3H6O3.Sb.6H2/c3*1-2(4)3(5)6;;;;;;;/h3*2,4H,1H3,(H,5,6);;6*1H/q;;;+3;;;;;;/p-3. The van der Waals surface area contributed by atoms with Gasteiger partial charge in [0.25, 0.3) is 0 Å². The first-order valence-electron chi connectivity index (χ1n) is 4.60. The fourth-order valence-corrected chi connectivity index (χ4v) is 0. The summed E-state index contributed by atoms with van der Waals surface area (Å²) in [6.07, 6.45) is -4.03. The molecule has 122 valence electrons. The van der Waals surface area contributed by atoms with Crippen molar-refractivity contribution in [1.29, 1.82) is 0 Å². The van der Waals surface area contributed by atoms with Gasteiger partial charge in [0.05, 0.1) is 36.2 Å². The van der Waals surface area contributed by atoms with E-state index < -0.39 is 36.2 Å². The van der Waals surface area contributed by atoms with Crippen molar-refractivity contribution in [1.82, 2.24) is 0 Å². The Morgan fingerprint density at radius 3 is 0.789 bits per heavy atom. The van der Waals surface area contributed by atoms with Crippen LogP contribution in [0.2, 0.25) is 0 Å². The smallest absolute Gasteiger partial charge is 0.547 e. The predicted molar refractivity (Wildman–Crippen MR) is 68.5 cm³/mol. The summed E-state index contributed by atoms with van der Waals surface area (Å²) >= 11 is 0. The van der Waals surface area contributed by atoms with E-state index in [1.54, 1.807) is 0 Å². The molecule has 9 nitrogen and oxygen atoms in total. The summed E-state index contributed by atoms with van der Waals surface area (Å²) in [6, 6.07) is 0. The Morgan fingerprint density at radius 1 is 0.737 bits per heavy atom. The third kappa shape index (κ3) is 31.6. The SMILES string of the molecule is CC(O)C(=O)[O-].CC(O)C(=O)[O-].CC(O)C(=O)[O-].[HH].[HH].[HH].[HH].[HH].[HH].[Sb+3]. The topological polar surface area (TPSA) is 181 Å². The van der Waals surface area contributed by atoms with Gasteiger partial charge in [0, 0.05) is 8.56 Å². The minimum atomic E-state index is -1.44. The summed E-state index contributed by atoms with van der Waals surface area (Å²) in [6.45, 7) is 3.40. The molecular formula is C9H27O9Sb. The van der Waals surface area contributed by atoms with Crippen LogP contribution in [0.25, 0.3) is 0 Å². The van der Waals surface area contributed by atoms with Crippen molar-refractivity contribution in [2.45, 2.75) is 39.1 Å². The molecule has 0 amide bonds. The van der Waals surface area contributed by atoms with E-state index in [9.17, 15) is 29.7 Å². The number of aliphatic hydroxyl groups is 3. The summed E-state index contributed by atoms with van der Waals surface area (Å²) in [5, 5.41) is 51.9. The first-order chi connectivity index (χ1) is 7.93. The molecule has 0 aliphatic carbocycles. The van der Waals surface area contributed by atoms with Gasteiger partial charge < -0.3 is 45.0 Å². The van der Waals surface area contributed by atoms with Gasteiger partial charge in [0.1, 0.15) is 0 Å². The molecule has 0 bridgehead atoms. The van der Waals surface area contributed by atoms with Crippen LogP contribution in [0.5, 0.6) is 0 Å². The van der Waals surface area contributed by atoms with Crippen molar-refractivity contribution in [2.24, 2.45) is 0 Å². The Bertz CT molecular complexity index is 239. The van der Waals surface area contributed by atoms with Gasteiger partial charge in [-0.25, -0.2) is 0 Å². The zero-order valence-electron chi connectivity index (χ0n) is 10.5. The van der Waals surface area contributed by atoms with Gasteiger partial charge in [0.15, 0.2) is 0 Å². The molecule has 0 aromatic carbocycles. The number of rotatable bonds is 3. The van der Waals surface area contributed by atoms with Crippen LogP contribution in [0.3, 0.4) is 0 Å². The molecule has 0 saturated carbocycles. The Morgan fingerprint density at radius 2 is 0.789 bits per heavy atom. The Hall–Kier alpha value is -0.892. The van der Waals surface area contributed by atoms with Crippen molar-refractivity contribution in [3.8, 4) is 0 Å². The molecule has 2 radical (unpaired) electrons. The molecule has 3 N–H and O–H groups in total. The number of carbonyl (C=O) groups is 3. The van der Waals surface area contributed by atoms with Gasteiger partial charge in [-0.2, -0.15) is 0 Å². The van der Waals surface area contributed by atoms with Crippen LogP contribution in [0.15, 0.2) is 0 Å². The number of carboxylic acid groups (broad SMARTS) is 3. The summed E-state index contributed by atoms with van der Waals surface area (Å²) in [4.78, 5) is 28.0. The van der Waals surface area contributed by atoms with E-state index in [2.05, 4.69) is 0 Å². The molecule has 0 heterocycles. The number of hydrogen-bond acceptors (Lipinski definition) is 9. The van der Waals surface area contributed by atoms with E-state index in [-0.39, 0.29) is 33.0 Å². The van der Waals surface area contributed by atoms with Crippen molar-refractivity contribution in [2.75, 3.05) is 0 Å². The maximum atomic E-state index is 9.34. The molecule has 0 saturated heterocycles. The van der Waals surface area contributed by atoms with E-state index in [4.69, 9.17) is 15.3 Å². The monoisotopic (exact) mass is 400 g/mol. The van der Waals surface area contributed by atoms with Gasteiger partial charge in [0.2, 0.25) is 0 Å². The second-order valence-corrected chi connectivity index (χ2v) is 2.99. The number of aliphatic carboxylic acids is 3. The number of aliphatic hydroxyl groups excluding tert-OH is 3. The van der Waals surface area contributed by atoms with Crippen LogP contribution in [-0.2, 0) is 14.4 Å². The van der Waals surface area contributed by atoms with Crippen molar-refractivity contribution in [3.63, 3.8) is 0 Å². The molecule has 0 aliphatic heterocycles. The quantitative estimate of drug-likeness (QED) is 0.392. The van der Waals surface area contributed by atoms with Crippen molar-refractivity contribution < 1.29 is 53.6 Å². The summed E-state index contributed by atoms with van der Waals surface area (Å²) in [5.74, 6) is -4.31. The first-order valence-corrected chi connectivity index (χ1v) is 4.60. The third-order valence-electron chi connectivity index (χ3n) is 1.02. The van der Waals surface area contributed by atoms with E-state index in [0.717, 1.165) is 20.8 Å². The van der Waals surface area contributed by atoms with E-state index in [1.807, 2.05) is 0 Å². The van der Waals surface area contributed by atoms with Gasteiger partial charge in [-0.15, -0.1) is 0 Å². The molecule has 0 aromatic rings. The van der Waals surface area contributed by atoms with Crippen LogP contribution < -0.4 is 15.3 Å². The zero-order valence-corrected chi connectivity index (χ0v) is 13.0. The second kappa shape index (κ2) is 15.2. The van der Waals surface area contributed by atoms with Gasteiger partial charge >= 0.3 is 24.4 Å². The van der Waals surface area contributed by atoms with Gasteiger partial charge in [-0.1, -0.05) is 0 Å². The average molecular weight is 401 g/mol. The van der Waals surface area contributed by atoms with Crippen LogP contribution in [0, 0.1) is 0 Å². The first kappa shape index (κ1) is 26.6. The van der Waals surface area contributed by atoms with Crippen molar-refractivity contribution >= 4 is 42.3 Å². The number of carboxylic acids is 3. The molecule has 0 aromatic heterocycles. The fraction of sp³-hybridized carbons (Fsp3) is 0.667. The molecule has 0 aliphatic rings. The number of carbonyl (C=O) groups excluding carboxylic acids is 3. The third-order valence-corrected chi connectivity index (χ3v) is 1.02. The molecule has 0 spiro atoms. The molecule has 3 atom stereocenters. The average Bonchev–Trinajstić information content (AvgIpc) is 2.18. The molecule has 3 unspecified atom stereocenters. The Labute approximate surface area is 135 Å². The molecule has 19 heavy (non-hydrogen) atoms. The van der Waals surface area contributed by atoms with Crippen LogP contribution in [0.1, 0.15) is 29.3 Å². The van der Waals surface area contributed by atoms with E-state index in [1.165, 1.54) is 0 Å². The minimum Gasteiger partial charge on any atom is -0.547 e. The summed E-state index contributed by atoms with van der Waals surface area (Å²) in [7, 11) is 0. The summed E-state index contributed by atoms with van der Waals surface area (Å²) in [5.41, 5.74) is 0. The van der Waals surface area contributed by atoms with Crippen molar-refractivity contribution in [3.05, 3.63) is 0 Å². The normalized spacial score (nSPS) is 12.9. The zero-order chi connectivity index (χ0) is 15.5. The van der Waals surface area contributed by atoms with Crippen LogP contribution in [0.4, 0.5) is 0 Å². The van der Waals surface area contributed by atoms with E-state index in [0.29, 0.717) is 0 Å². The predicted octanol–water partition coefficient (Wildman–Crippen LogP) is -4.55. The molecule has 10 heteroatoms. The van der Waals surface area contributed by atoms with Gasteiger partial charge in [-0.05, 0) is 20.8 Å². The fourth-order valence-electron chi connectivity index (χ4n) is 0. The maximum Gasteiger partial charge on any atom is 3.00 e. The largest absolute Gasteiger partial charge is 3.00 e. The maximum absolute atomic E-state index is 9.34. The minimum absolute atomic E-state index is 0. The number of hydrogen-bond donors (Lipinski definition) is 3. The van der Waals surface area contributed by atoms with Crippen LogP contribution in [-0.4, -0.2) is 76.0 Å². The second-order valence-electron chi connectivity index (χ2n) is 2.99. The Balaban J connectivity index is -0.0000000148. The van der Waals surface area contributed by atoms with Crippen LogP contribution >= 0.6 is 0 Å². The molecular weight excluding hydrogens is 374 g/mol.